The van der Waals surface area contributed by atoms with Crippen molar-refractivity contribution in [1.29, 1.82) is 0 Å². The van der Waals surface area contributed by atoms with Crippen molar-refractivity contribution in [3.63, 3.8) is 0 Å². The Morgan fingerprint density at radius 2 is 1.24 bits per heavy atom. The van der Waals surface area contributed by atoms with E-state index < -0.39 is 23.8 Å². The Kier molecular flexibility index (Phi) is 15.9. The highest BCUT2D eigenvalue weighted by Gasteiger charge is 2.30. The van der Waals surface area contributed by atoms with Crippen molar-refractivity contribution in [3.05, 3.63) is 0 Å². The highest BCUT2D eigenvalue weighted by molar-refractivity contribution is 6.00. The van der Waals surface area contributed by atoms with Gasteiger partial charge in [-0.3, -0.25) is 9.59 Å². The minimum atomic E-state index is -1.25. The summed E-state index contributed by atoms with van der Waals surface area (Å²) in [5.74, 6) is -2.82. The van der Waals surface area contributed by atoms with Crippen molar-refractivity contribution in [1.82, 2.24) is 0 Å². The van der Waals surface area contributed by atoms with Crippen LogP contribution in [0.3, 0.4) is 0 Å². The third-order valence-corrected chi connectivity index (χ3v) is 4.76. The average molecular weight is 358 g/mol. The number of carboxylic acids is 1. The highest BCUT2D eigenvalue weighted by atomic mass is 16.4. The molecule has 4 N–H and O–H groups in total. The second-order valence-electron chi connectivity index (χ2n) is 7.06. The van der Waals surface area contributed by atoms with Gasteiger partial charge in [-0.25, -0.2) is 0 Å². The van der Waals surface area contributed by atoms with Crippen molar-refractivity contribution in [2.75, 3.05) is 6.54 Å². The molecule has 0 spiro atoms. The zero-order chi connectivity index (χ0) is 18.9. The zero-order valence-corrected chi connectivity index (χ0v) is 16.0. The quantitative estimate of drug-likeness (QED) is 0.254. The molecule has 0 amide bonds. The van der Waals surface area contributed by atoms with Gasteiger partial charge >= 0.3 is 5.97 Å². The molecule has 2 unspecified atom stereocenters. The summed E-state index contributed by atoms with van der Waals surface area (Å²) in [7, 11) is 0. The van der Waals surface area contributed by atoms with E-state index in [9.17, 15) is 19.8 Å². The lowest BCUT2D eigenvalue weighted by Crippen LogP contribution is -2.34. The molecule has 0 saturated carbocycles. The maximum atomic E-state index is 11.9. The van der Waals surface area contributed by atoms with E-state index in [1.165, 1.54) is 57.8 Å². The van der Waals surface area contributed by atoms with Crippen molar-refractivity contribution in [3.8, 4) is 0 Å². The number of aliphatic hydroxyl groups is 1. The Morgan fingerprint density at radius 3 is 1.64 bits per heavy atom. The summed E-state index contributed by atoms with van der Waals surface area (Å²) >= 11 is 0. The van der Waals surface area contributed by atoms with E-state index in [1.807, 2.05) is 0 Å². The number of aliphatic hydroxyl groups excluding tert-OH is 1. The second-order valence-corrected chi connectivity index (χ2v) is 7.06. The summed E-state index contributed by atoms with van der Waals surface area (Å²) in [6, 6.07) is 0. The van der Waals surface area contributed by atoms with Crippen molar-refractivity contribution >= 4 is 11.8 Å². The molecule has 5 nitrogen and oxygen atoms in total. The van der Waals surface area contributed by atoms with Crippen LogP contribution in [0.1, 0.15) is 96.8 Å². The number of rotatable bonds is 18. The molecule has 0 rings (SSSR count). The fraction of sp³-hybridized carbons (Fsp3) is 0.900. The molecule has 0 saturated heterocycles. The van der Waals surface area contributed by atoms with Gasteiger partial charge in [-0.1, -0.05) is 84.0 Å². The number of carboxylic acid groups (broad SMARTS) is 1. The van der Waals surface area contributed by atoms with Gasteiger partial charge < -0.3 is 15.9 Å². The smallest absolute Gasteiger partial charge is 0.314 e. The summed E-state index contributed by atoms with van der Waals surface area (Å²) in [5, 5.41) is 18.8. The van der Waals surface area contributed by atoms with Crippen LogP contribution < -0.4 is 5.73 Å². The Morgan fingerprint density at radius 1 is 0.800 bits per heavy atom. The first-order chi connectivity index (χ1) is 12.0. The van der Waals surface area contributed by atoms with Gasteiger partial charge in [0.25, 0.3) is 0 Å². The minimum absolute atomic E-state index is 0.126. The fourth-order valence-corrected chi connectivity index (χ4v) is 3.11. The molecule has 0 aromatic heterocycles. The van der Waals surface area contributed by atoms with Gasteiger partial charge in [0.2, 0.25) is 0 Å². The van der Waals surface area contributed by atoms with Crippen LogP contribution in [0.4, 0.5) is 0 Å². The highest BCUT2D eigenvalue weighted by Crippen LogP contribution is 2.17. The molecule has 0 aliphatic heterocycles. The Balaban J connectivity index is 3.66. The first kappa shape index (κ1) is 24.1. The summed E-state index contributed by atoms with van der Waals surface area (Å²) in [6.45, 7) is 2.41. The van der Waals surface area contributed by atoms with Crippen molar-refractivity contribution in [2.45, 2.75) is 103 Å². The van der Waals surface area contributed by atoms with Gasteiger partial charge in [0.1, 0.15) is 12.0 Å². The molecule has 0 fully saturated rings. The molecule has 0 heterocycles. The number of ketones is 1. The van der Waals surface area contributed by atoms with Gasteiger partial charge in [-0.15, -0.1) is 0 Å². The topological polar surface area (TPSA) is 101 Å². The maximum absolute atomic E-state index is 11.9. The normalized spacial score (nSPS) is 13.6. The molecule has 148 valence electrons. The van der Waals surface area contributed by atoms with E-state index in [0.717, 1.165) is 19.3 Å². The van der Waals surface area contributed by atoms with Gasteiger partial charge in [0, 0.05) is 0 Å². The molecule has 0 aromatic carbocycles. The third kappa shape index (κ3) is 13.0. The molecule has 0 aliphatic carbocycles. The molecular weight excluding hydrogens is 318 g/mol. The molecule has 2 atom stereocenters. The number of Topliss-reactive ketones (excluding diaryl/α,β-unsaturated/α-hetero) is 1. The number of carbonyl (C=O) groups excluding carboxylic acids is 1. The van der Waals surface area contributed by atoms with E-state index >= 15 is 0 Å². The van der Waals surface area contributed by atoms with Crippen LogP contribution in [0.5, 0.6) is 0 Å². The summed E-state index contributed by atoms with van der Waals surface area (Å²) < 4.78 is 0. The second kappa shape index (κ2) is 16.5. The average Bonchev–Trinajstić information content (AvgIpc) is 2.58. The lowest BCUT2D eigenvalue weighted by atomic mass is 9.92. The fourth-order valence-electron chi connectivity index (χ4n) is 3.11. The number of hydrogen-bond donors (Lipinski definition) is 3. The number of carbonyl (C=O) groups is 2. The monoisotopic (exact) mass is 357 g/mol. The van der Waals surface area contributed by atoms with E-state index in [1.54, 1.807) is 0 Å². The van der Waals surface area contributed by atoms with Gasteiger partial charge in [-0.05, 0) is 19.4 Å². The predicted octanol–water partition coefficient (Wildman–Crippen LogP) is 4.06. The van der Waals surface area contributed by atoms with E-state index in [2.05, 4.69) is 6.92 Å². The van der Waals surface area contributed by atoms with Crippen molar-refractivity contribution < 1.29 is 19.8 Å². The third-order valence-electron chi connectivity index (χ3n) is 4.76. The van der Waals surface area contributed by atoms with Crippen LogP contribution in [-0.4, -0.2) is 34.6 Å². The molecule has 0 aliphatic rings. The van der Waals surface area contributed by atoms with Gasteiger partial charge in [0.15, 0.2) is 5.78 Å². The Hall–Kier alpha value is -0.940. The molecule has 0 bridgehead atoms. The largest absolute Gasteiger partial charge is 0.481 e. The first-order valence-corrected chi connectivity index (χ1v) is 10.2. The maximum Gasteiger partial charge on any atom is 0.314 e. The standard InChI is InChI=1S/C20H39NO4/c1-2-3-4-5-6-7-8-9-10-11-12-13-14-17(20(24)25)19(23)18(22)15-16-21/h17-18,22H,2-16,21H2,1H3,(H,24,25). The SMILES string of the molecule is CCCCCCCCCCCCCCC(C(=O)O)C(=O)C(O)CCN. The molecule has 5 heteroatoms. The Bertz CT molecular complexity index is 347. The lowest BCUT2D eigenvalue weighted by Gasteiger charge is -2.15. The predicted molar refractivity (Wildman–Crippen MR) is 102 cm³/mol. The van der Waals surface area contributed by atoms with Crippen LogP contribution in [-0.2, 0) is 9.59 Å². The van der Waals surface area contributed by atoms with E-state index in [-0.39, 0.29) is 13.0 Å². The minimum Gasteiger partial charge on any atom is -0.481 e. The van der Waals surface area contributed by atoms with Crippen LogP contribution in [0.25, 0.3) is 0 Å². The molecule has 0 aromatic rings. The lowest BCUT2D eigenvalue weighted by molar-refractivity contribution is -0.149. The first-order valence-electron chi connectivity index (χ1n) is 10.2. The number of hydrogen-bond acceptors (Lipinski definition) is 4. The molecule has 0 radical (unpaired) electrons. The number of aliphatic carboxylic acids is 1. The summed E-state index contributed by atoms with van der Waals surface area (Å²) in [4.78, 5) is 23.1. The summed E-state index contributed by atoms with van der Waals surface area (Å²) in [5.41, 5.74) is 5.30. The Labute approximate surface area is 153 Å². The number of nitrogens with two attached hydrogens (primary N) is 1. The van der Waals surface area contributed by atoms with Crippen molar-refractivity contribution in [2.24, 2.45) is 11.7 Å². The molecular formula is C20H39NO4. The van der Waals surface area contributed by atoms with E-state index in [0.29, 0.717) is 6.42 Å². The van der Waals surface area contributed by atoms with Crippen LogP contribution in [0.2, 0.25) is 0 Å². The molecule has 25 heavy (non-hydrogen) atoms. The van der Waals surface area contributed by atoms with Crippen LogP contribution >= 0.6 is 0 Å². The van der Waals surface area contributed by atoms with Gasteiger partial charge in [-0.2, -0.15) is 0 Å². The zero-order valence-electron chi connectivity index (χ0n) is 16.0. The number of unbranched alkanes of at least 4 members (excludes halogenated alkanes) is 11. The van der Waals surface area contributed by atoms with Crippen LogP contribution in [0.15, 0.2) is 0 Å². The van der Waals surface area contributed by atoms with Crippen LogP contribution in [0, 0.1) is 5.92 Å². The summed E-state index contributed by atoms with van der Waals surface area (Å²) in [6.07, 6.45) is 13.7. The van der Waals surface area contributed by atoms with E-state index in [4.69, 9.17) is 5.73 Å². The van der Waals surface area contributed by atoms with Gasteiger partial charge in [0.05, 0.1) is 0 Å².